The molecule has 0 amide bonds. The maximum absolute atomic E-state index is 13.1. The van der Waals surface area contributed by atoms with Gasteiger partial charge in [0.15, 0.2) is 0 Å². The quantitative estimate of drug-likeness (QED) is 0.803. The highest BCUT2D eigenvalue weighted by Gasteiger charge is 2.33. The van der Waals surface area contributed by atoms with Gasteiger partial charge in [-0.15, -0.1) is 11.6 Å². The van der Waals surface area contributed by atoms with E-state index in [9.17, 15) is 12.8 Å². The van der Waals surface area contributed by atoms with Crippen molar-refractivity contribution in [1.29, 1.82) is 0 Å². The number of hydrogen-bond acceptors (Lipinski definition) is 3. The number of aromatic nitrogens is 1. The average molecular weight is 307 g/mol. The van der Waals surface area contributed by atoms with E-state index < -0.39 is 15.8 Å². The highest BCUT2D eigenvalue weighted by molar-refractivity contribution is 7.89. The molecule has 1 fully saturated rings. The number of nitrogens with zero attached hydrogens (tertiary/aromatic N) is 2. The molecule has 1 unspecified atom stereocenters. The molecule has 0 spiro atoms. The fraction of sp³-hybridized carbons (Fsp3) is 0.583. The Morgan fingerprint density at radius 2 is 2.21 bits per heavy atom. The van der Waals surface area contributed by atoms with E-state index >= 15 is 0 Å². The molecule has 1 aromatic heterocycles. The van der Waals surface area contributed by atoms with Gasteiger partial charge in [0.25, 0.3) is 0 Å². The van der Waals surface area contributed by atoms with Gasteiger partial charge in [-0.2, -0.15) is 4.31 Å². The van der Waals surface area contributed by atoms with Crippen LogP contribution in [0.5, 0.6) is 0 Å². The third kappa shape index (κ3) is 3.24. The lowest BCUT2D eigenvalue weighted by atomic mass is 10.0. The lowest BCUT2D eigenvalue weighted by Gasteiger charge is -2.34. The number of sulfonamides is 1. The van der Waals surface area contributed by atoms with E-state index in [4.69, 9.17) is 11.6 Å². The summed E-state index contributed by atoms with van der Waals surface area (Å²) in [5, 5.41) is 0. The zero-order valence-electron chi connectivity index (χ0n) is 10.4. The summed E-state index contributed by atoms with van der Waals surface area (Å²) < 4.78 is 39.6. The summed E-state index contributed by atoms with van der Waals surface area (Å²) in [5.41, 5.74) is 0. The van der Waals surface area contributed by atoms with Crippen molar-refractivity contribution >= 4 is 21.6 Å². The first-order valence-corrected chi connectivity index (χ1v) is 8.21. The normalized spacial score (nSPS) is 21.5. The third-order valence-corrected chi connectivity index (χ3v) is 5.44. The van der Waals surface area contributed by atoms with Crippen molar-refractivity contribution in [3.05, 3.63) is 24.3 Å². The molecule has 7 heteroatoms. The van der Waals surface area contributed by atoms with Crippen molar-refractivity contribution in [1.82, 2.24) is 9.29 Å². The molecule has 0 aromatic carbocycles. The van der Waals surface area contributed by atoms with Gasteiger partial charge in [-0.1, -0.05) is 6.42 Å². The topological polar surface area (TPSA) is 50.3 Å². The Labute approximate surface area is 117 Å². The third-order valence-electron chi connectivity index (χ3n) is 3.30. The van der Waals surface area contributed by atoms with Crippen molar-refractivity contribution in [2.75, 3.05) is 12.4 Å². The molecule has 1 aliphatic heterocycles. The van der Waals surface area contributed by atoms with E-state index in [1.165, 1.54) is 10.5 Å². The van der Waals surface area contributed by atoms with Crippen LogP contribution in [0, 0.1) is 5.82 Å². The fourth-order valence-corrected chi connectivity index (χ4v) is 4.32. The highest BCUT2D eigenvalue weighted by Crippen LogP contribution is 2.27. The molecule has 0 radical (unpaired) electrons. The molecule has 0 N–H and O–H groups in total. The van der Waals surface area contributed by atoms with E-state index in [1.54, 1.807) is 0 Å². The van der Waals surface area contributed by atoms with Crippen LogP contribution in [0.15, 0.2) is 23.4 Å². The summed E-state index contributed by atoms with van der Waals surface area (Å²) in [4.78, 5) is 3.52. The Morgan fingerprint density at radius 3 is 2.89 bits per heavy atom. The molecule has 1 aromatic rings. The van der Waals surface area contributed by atoms with Crippen LogP contribution in [0.2, 0.25) is 0 Å². The number of alkyl halides is 1. The molecular formula is C12H16ClFN2O2S. The molecule has 0 bridgehead atoms. The van der Waals surface area contributed by atoms with E-state index in [0.717, 1.165) is 31.5 Å². The van der Waals surface area contributed by atoms with E-state index in [0.29, 0.717) is 18.8 Å². The standard InChI is InChI=1S/C12H16ClFN2O2S/c13-5-4-11-3-1-2-6-16(11)19(17,18)12-7-10(14)8-15-9-12/h7-9,11H,1-6H2. The van der Waals surface area contributed by atoms with Gasteiger partial charge in [-0.3, -0.25) is 4.98 Å². The number of rotatable bonds is 4. The monoisotopic (exact) mass is 306 g/mol. The molecule has 2 heterocycles. The molecule has 106 valence electrons. The van der Waals surface area contributed by atoms with Gasteiger partial charge in [-0.05, 0) is 25.3 Å². The smallest absolute Gasteiger partial charge is 0.244 e. The van der Waals surface area contributed by atoms with Crippen LogP contribution in [-0.4, -0.2) is 36.2 Å². The molecule has 1 saturated heterocycles. The molecule has 19 heavy (non-hydrogen) atoms. The zero-order valence-corrected chi connectivity index (χ0v) is 12.0. The van der Waals surface area contributed by atoms with Gasteiger partial charge < -0.3 is 0 Å². The summed E-state index contributed by atoms with van der Waals surface area (Å²) in [7, 11) is -3.68. The maximum Gasteiger partial charge on any atom is 0.244 e. The average Bonchev–Trinajstić information content (AvgIpc) is 2.39. The number of pyridine rings is 1. The number of halogens is 2. The van der Waals surface area contributed by atoms with Gasteiger partial charge in [-0.25, -0.2) is 12.8 Å². The summed E-state index contributed by atoms with van der Waals surface area (Å²) in [6.45, 7) is 0.459. The molecule has 2 rings (SSSR count). The summed E-state index contributed by atoms with van der Waals surface area (Å²) in [6.07, 6.45) is 5.41. The lowest BCUT2D eigenvalue weighted by molar-refractivity contribution is 0.247. The minimum Gasteiger partial charge on any atom is -0.260 e. The van der Waals surface area contributed by atoms with Gasteiger partial charge in [0, 0.05) is 24.7 Å². The first kappa shape index (κ1) is 14.7. The van der Waals surface area contributed by atoms with Crippen LogP contribution in [-0.2, 0) is 10.0 Å². The molecule has 0 saturated carbocycles. The second-order valence-electron chi connectivity index (χ2n) is 4.58. The van der Waals surface area contributed by atoms with Crippen molar-refractivity contribution in [3.63, 3.8) is 0 Å². The Kier molecular flexibility index (Phi) is 4.76. The second-order valence-corrected chi connectivity index (χ2v) is 6.85. The lowest BCUT2D eigenvalue weighted by Crippen LogP contribution is -2.43. The predicted molar refractivity (Wildman–Crippen MR) is 71.1 cm³/mol. The minimum absolute atomic E-state index is 0.0889. The second kappa shape index (κ2) is 6.15. The van der Waals surface area contributed by atoms with Crippen LogP contribution < -0.4 is 0 Å². The Hall–Kier alpha value is -0.720. The van der Waals surface area contributed by atoms with Crippen LogP contribution in [0.25, 0.3) is 0 Å². The van der Waals surface area contributed by atoms with Gasteiger partial charge in [0.2, 0.25) is 10.0 Å². The van der Waals surface area contributed by atoms with Crippen LogP contribution >= 0.6 is 11.6 Å². The van der Waals surface area contributed by atoms with E-state index in [2.05, 4.69) is 4.98 Å². The Bertz CT molecular complexity index is 536. The van der Waals surface area contributed by atoms with Crippen molar-refractivity contribution in [3.8, 4) is 0 Å². The molecule has 4 nitrogen and oxygen atoms in total. The summed E-state index contributed by atoms with van der Waals surface area (Å²) >= 11 is 5.73. The predicted octanol–water partition coefficient (Wildman–Crippen LogP) is 2.39. The van der Waals surface area contributed by atoms with Crippen molar-refractivity contribution < 1.29 is 12.8 Å². The Morgan fingerprint density at radius 1 is 1.42 bits per heavy atom. The Balaban J connectivity index is 2.31. The molecular weight excluding hydrogens is 291 g/mol. The zero-order chi connectivity index (χ0) is 13.9. The van der Waals surface area contributed by atoms with E-state index in [1.807, 2.05) is 0 Å². The molecule has 0 aliphatic carbocycles. The first-order valence-electron chi connectivity index (χ1n) is 6.24. The highest BCUT2D eigenvalue weighted by atomic mass is 35.5. The van der Waals surface area contributed by atoms with Gasteiger partial charge in [0.1, 0.15) is 10.7 Å². The molecule has 1 atom stereocenters. The SMILES string of the molecule is O=S(=O)(c1cncc(F)c1)N1CCCCC1CCCl. The van der Waals surface area contributed by atoms with Gasteiger partial charge in [0.05, 0.1) is 6.20 Å². The van der Waals surface area contributed by atoms with Crippen molar-refractivity contribution in [2.45, 2.75) is 36.6 Å². The van der Waals surface area contributed by atoms with Crippen LogP contribution in [0.1, 0.15) is 25.7 Å². The van der Waals surface area contributed by atoms with Gasteiger partial charge >= 0.3 is 0 Å². The minimum atomic E-state index is -3.68. The molecule has 1 aliphatic rings. The number of piperidine rings is 1. The first-order chi connectivity index (χ1) is 9.05. The van der Waals surface area contributed by atoms with Crippen molar-refractivity contribution in [2.24, 2.45) is 0 Å². The maximum atomic E-state index is 13.1. The largest absolute Gasteiger partial charge is 0.260 e. The van der Waals surface area contributed by atoms with E-state index in [-0.39, 0.29) is 10.9 Å². The fourth-order valence-electron chi connectivity index (χ4n) is 2.37. The van der Waals surface area contributed by atoms with Crippen LogP contribution in [0.3, 0.4) is 0 Å². The van der Waals surface area contributed by atoms with Crippen LogP contribution in [0.4, 0.5) is 4.39 Å². The number of hydrogen-bond donors (Lipinski definition) is 0. The summed E-state index contributed by atoms with van der Waals surface area (Å²) in [6, 6.07) is 0.911. The summed E-state index contributed by atoms with van der Waals surface area (Å²) in [5.74, 6) is -0.232.